The monoisotopic (exact) mass is 398 g/mol. The quantitative estimate of drug-likeness (QED) is 0.718. The van der Waals surface area contributed by atoms with Crippen LogP contribution in [0.1, 0.15) is 5.56 Å². The molecule has 0 aliphatic carbocycles. The molecule has 88 valence electrons. The van der Waals surface area contributed by atoms with Crippen molar-refractivity contribution in [1.29, 1.82) is 0 Å². The molecule has 0 heterocycles. The van der Waals surface area contributed by atoms with Crippen molar-refractivity contribution in [1.82, 2.24) is 0 Å². The number of hydrogen-bond acceptors (Lipinski definition) is 3. The predicted molar refractivity (Wildman–Crippen MR) is 64.8 cm³/mol. The molecule has 2 rings (SSSR count). The van der Waals surface area contributed by atoms with Crippen LogP contribution in [-0.2, 0) is 21.1 Å². The molecular formula is C12H12N3OW-. The van der Waals surface area contributed by atoms with Crippen molar-refractivity contribution in [3.63, 3.8) is 0 Å². The van der Waals surface area contributed by atoms with E-state index < -0.39 is 0 Å². The molecule has 0 fully saturated rings. The van der Waals surface area contributed by atoms with E-state index in [0.717, 1.165) is 10.9 Å². The van der Waals surface area contributed by atoms with Crippen LogP contribution >= 0.6 is 0 Å². The number of nitrogens with zero attached hydrogens (tertiary/aromatic N) is 2. The summed E-state index contributed by atoms with van der Waals surface area (Å²) in [6.45, 7) is 1.86. The molecule has 2 N–H and O–H groups in total. The van der Waals surface area contributed by atoms with Crippen LogP contribution in [0.15, 0.2) is 34.5 Å². The maximum absolute atomic E-state index is 10.1. The van der Waals surface area contributed by atoms with Crippen LogP contribution in [0.2, 0.25) is 0 Å². The largest absolute Gasteiger partial charge is 0.698 e. The SMILES string of the molecule is CN=Nc1c(C)cc2cccc([NH-])c2c1O.[W]. The Kier molecular flexibility index (Phi) is 4.24. The molecule has 5 heteroatoms. The number of azo groups is 1. The first kappa shape index (κ1) is 13.7. The molecule has 0 aromatic heterocycles. The maximum atomic E-state index is 10.1. The zero-order valence-electron chi connectivity index (χ0n) is 9.56. The van der Waals surface area contributed by atoms with E-state index in [9.17, 15) is 5.11 Å². The van der Waals surface area contributed by atoms with Gasteiger partial charge in [-0.3, -0.25) is 0 Å². The van der Waals surface area contributed by atoms with E-state index in [0.29, 0.717) is 16.8 Å². The minimum absolute atomic E-state index is 0. The Balaban J connectivity index is 0.00000144. The number of fused-ring (bicyclic) bond motifs is 1. The summed E-state index contributed by atoms with van der Waals surface area (Å²) in [6, 6.07) is 7.21. The van der Waals surface area contributed by atoms with Gasteiger partial charge in [-0.05, 0) is 23.9 Å². The average molecular weight is 398 g/mol. The second-order valence-corrected chi connectivity index (χ2v) is 3.59. The number of aryl methyl sites for hydroxylation is 1. The van der Waals surface area contributed by atoms with Crippen LogP contribution in [0.3, 0.4) is 0 Å². The first-order valence-electron chi connectivity index (χ1n) is 4.92. The molecule has 0 aliphatic heterocycles. The maximum Gasteiger partial charge on any atom is 0.149 e. The molecule has 0 bridgehead atoms. The Hall–Kier alpha value is -1.41. The van der Waals surface area contributed by atoms with Crippen LogP contribution < -0.4 is 0 Å². The van der Waals surface area contributed by atoms with Crippen molar-refractivity contribution >= 4 is 22.1 Å². The summed E-state index contributed by atoms with van der Waals surface area (Å²) in [5.41, 5.74) is 9.35. The number of hydrogen-bond donors (Lipinski definition) is 1. The summed E-state index contributed by atoms with van der Waals surface area (Å²) in [7, 11) is 1.55. The molecule has 0 atom stereocenters. The van der Waals surface area contributed by atoms with Gasteiger partial charge in [-0.2, -0.15) is 10.2 Å². The summed E-state index contributed by atoms with van der Waals surface area (Å²) in [6.07, 6.45) is 0. The van der Waals surface area contributed by atoms with E-state index in [1.807, 2.05) is 19.1 Å². The molecule has 17 heavy (non-hydrogen) atoms. The van der Waals surface area contributed by atoms with E-state index in [4.69, 9.17) is 5.73 Å². The van der Waals surface area contributed by atoms with E-state index in [-0.39, 0.29) is 26.8 Å². The Morgan fingerprint density at radius 3 is 2.65 bits per heavy atom. The number of phenolic OH excluding ortho intramolecular Hbond substituents is 1. The van der Waals surface area contributed by atoms with Gasteiger partial charge in [0, 0.05) is 33.5 Å². The van der Waals surface area contributed by atoms with Crippen molar-refractivity contribution in [2.75, 3.05) is 7.05 Å². The zero-order chi connectivity index (χ0) is 11.7. The number of rotatable bonds is 1. The topological polar surface area (TPSA) is 68.8 Å². The Morgan fingerprint density at radius 2 is 2.00 bits per heavy atom. The summed E-state index contributed by atoms with van der Waals surface area (Å²) in [5, 5.41) is 19.0. The third-order valence-corrected chi connectivity index (χ3v) is 2.50. The zero-order valence-corrected chi connectivity index (χ0v) is 12.5. The number of nitrogens with one attached hydrogen (secondary N) is 1. The smallest absolute Gasteiger partial charge is 0.149 e. The van der Waals surface area contributed by atoms with Crippen LogP contribution in [-0.4, -0.2) is 12.2 Å². The van der Waals surface area contributed by atoms with Crippen molar-refractivity contribution in [3.05, 3.63) is 35.6 Å². The van der Waals surface area contributed by atoms with Crippen molar-refractivity contribution in [2.45, 2.75) is 6.92 Å². The molecule has 0 aliphatic rings. The van der Waals surface area contributed by atoms with E-state index in [1.54, 1.807) is 19.2 Å². The van der Waals surface area contributed by atoms with Crippen LogP contribution in [0, 0.1) is 6.92 Å². The Bertz CT molecular complexity index is 581. The van der Waals surface area contributed by atoms with Gasteiger partial charge in [0.2, 0.25) is 0 Å². The fraction of sp³-hybridized carbons (Fsp3) is 0.167. The molecule has 2 aromatic rings. The van der Waals surface area contributed by atoms with Gasteiger partial charge in [-0.1, -0.05) is 18.2 Å². The number of phenols is 1. The fourth-order valence-corrected chi connectivity index (χ4v) is 1.79. The van der Waals surface area contributed by atoms with Gasteiger partial charge in [0.1, 0.15) is 11.4 Å². The molecule has 0 saturated heterocycles. The van der Waals surface area contributed by atoms with Gasteiger partial charge >= 0.3 is 0 Å². The minimum Gasteiger partial charge on any atom is -0.698 e. The fourth-order valence-electron chi connectivity index (χ4n) is 1.79. The van der Waals surface area contributed by atoms with Crippen molar-refractivity contribution in [2.24, 2.45) is 10.2 Å². The number of aromatic hydroxyl groups is 1. The molecule has 4 nitrogen and oxygen atoms in total. The van der Waals surface area contributed by atoms with Gasteiger partial charge in [0.25, 0.3) is 0 Å². The first-order chi connectivity index (χ1) is 7.65. The molecule has 0 spiro atoms. The van der Waals surface area contributed by atoms with Gasteiger partial charge in [0.05, 0.1) is 0 Å². The second kappa shape index (κ2) is 5.28. The first-order valence-corrected chi connectivity index (χ1v) is 4.92. The minimum atomic E-state index is 0. The summed E-state index contributed by atoms with van der Waals surface area (Å²) < 4.78 is 0. The summed E-state index contributed by atoms with van der Waals surface area (Å²) in [5.74, 6) is 0.0335. The van der Waals surface area contributed by atoms with Crippen LogP contribution in [0.4, 0.5) is 11.4 Å². The van der Waals surface area contributed by atoms with Crippen molar-refractivity contribution < 1.29 is 26.2 Å². The molecular weight excluding hydrogens is 386 g/mol. The summed E-state index contributed by atoms with van der Waals surface area (Å²) in [4.78, 5) is 0. The molecule has 2 aromatic carbocycles. The van der Waals surface area contributed by atoms with Gasteiger partial charge in [0.15, 0.2) is 0 Å². The van der Waals surface area contributed by atoms with Crippen molar-refractivity contribution in [3.8, 4) is 5.75 Å². The molecule has 0 saturated carbocycles. The Morgan fingerprint density at radius 1 is 1.29 bits per heavy atom. The standard InChI is InChI=1S/C12H12N3O.W/c1-7-6-8-4-3-5-9(13)10(8)12(16)11(7)15-14-2;/h3-6H,1-2H3,(H2-,13,14,16);/q-1;. The average Bonchev–Trinajstić information content (AvgIpc) is 2.24. The number of benzene rings is 2. The van der Waals surface area contributed by atoms with E-state index >= 15 is 0 Å². The van der Waals surface area contributed by atoms with Gasteiger partial charge in [-0.25, -0.2) is 0 Å². The normalized spacial score (nSPS) is 10.7. The van der Waals surface area contributed by atoms with Crippen LogP contribution in [0.5, 0.6) is 5.75 Å². The van der Waals surface area contributed by atoms with E-state index in [1.165, 1.54) is 0 Å². The summed E-state index contributed by atoms with van der Waals surface area (Å²) >= 11 is 0. The third kappa shape index (κ3) is 2.32. The molecule has 0 unspecified atom stereocenters. The molecule has 0 radical (unpaired) electrons. The van der Waals surface area contributed by atoms with Gasteiger partial charge in [-0.15, -0.1) is 5.69 Å². The second-order valence-electron chi connectivity index (χ2n) is 3.59. The molecule has 0 amide bonds. The Labute approximate surface area is 114 Å². The third-order valence-electron chi connectivity index (χ3n) is 2.50. The predicted octanol–water partition coefficient (Wildman–Crippen LogP) is 4.25. The van der Waals surface area contributed by atoms with Crippen LogP contribution in [0.25, 0.3) is 16.5 Å². The van der Waals surface area contributed by atoms with Gasteiger partial charge < -0.3 is 10.8 Å². The van der Waals surface area contributed by atoms with E-state index in [2.05, 4.69) is 10.2 Å².